The van der Waals surface area contributed by atoms with Gasteiger partial charge in [-0.2, -0.15) is 5.10 Å². The van der Waals surface area contributed by atoms with Crippen LogP contribution in [0.2, 0.25) is 0 Å². The molecule has 0 fully saturated rings. The van der Waals surface area contributed by atoms with Gasteiger partial charge in [0.2, 0.25) is 0 Å². The molecule has 0 radical (unpaired) electrons. The molecule has 0 bridgehead atoms. The summed E-state index contributed by atoms with van der Waals surface area (Å²) in [6.45, 7) is 6.28. The van der Waals surface area contributed by atoms with E-state index < -0.39 is 0 Å². The van der Waals surface area contributed by atoms with Crippen LogP contribution in [0, 0.1) is 20.8 Å². The Morgan fingerprint density at radius 2 is 1.84 bits per heavy atom. The number of amides is 2. The molecular formula is C25H25N5O2. The van der Waals surface area contributed by atoms with E-state index in [0.29, 0.717) is 23.7 Å². The van der Waals surface area contributed by atoms with E-state index in [4.69, 9.17) is 4.74 Å². The van der Waals surface area contributed by atoms with Gasteiger partial charge >= 0.3 is 6.03 Å². The standard InChI is InChI=1S/C25H25N5O2/c1-17-7-6-8-21(13-17)32-23-10-5-4-9-22(23)28-25(31)27-16-20-11-12-24(26-15-20)30-19(3)14-18(2)29-30/h4-15H,16H2,1-3H3,(H2,27,28,31). The smallest absolute Gasteiger partial charge is 0.319 e. The molecule has 0 atom stereocenters. The lowest BCUT2D eigenvalue weighted by molar-refractivity contribution is 0.251. The molecule has 0 aliphatic carbocycles. The Morgan fingerprint density at radius 3 is 2.56 bits per heavy atom. The lowest BCUT2D eigenvalue weighted by atomic mass is 10.2. The van der Waals surface area contributed by atoms with Crippen LogP contribution in [0.25, 0.3) is 5.82 Å². The van der Waals surface area contributed by atoms with E-state index in [-0.39, 0.29) is 6.03 Å². The Morgan fingerprint density at radius 1 is 1.00 bits per heavy atom. The number of carbonyl (C=O) groups excluding carboxylic acids is 1. The second-order valence-corrected chi connectivity index (χ2v) is 7.59. The van der Waals surface area contributed by atoms with E-state index >= 15 is 0 Å². The molecular weight excluding hydrogens is 402 g/mol. The minimum absolute atomic E-state index is 0.326. The minimum atomic E-state index is -0.326. The summed E-state index contributed by atoms with van der Waals surface area (Å²) >= 11 is 0. The molecule has 7 heteroatoms. The molecule has 2 heterocycles. The molecule has 4 aromatic rings. The van der Waals surface area contributed by atoms with Crippen molar-refractivity contribution in [2.45, 2.75) is 27.3 Å². The molecule has 2 aromatic heterocycles. The fourth-order valence-electron chi connectivity index (χ4n) is 3.32. The Labute approximate surface area is 187 Å². The molecule has 0 saturated carbocycles. The highest BCUT2D eigenvalue weighted by Gasteiger charge is 2.09. The second kappa shape index (κ2) is 9.34. The first-order valence-electron chi connectivity index (χ1n) is 10.3. The lowest BCUT2D eigenvalue weighted by Gasteiger charge is -2.13. The predicted octanol–water partition coefficient (Wildman–Crippen LogP) is 5.31. The first-order valence-corrected chi connectivity index (χ1v) is 10.3. The summed E-state index contributed by atoms with van der Waals surface area (Å²) in [4.78, 5) is 16.9. The largest absolute Gasteiger partial charge is 0.455 e. The molecule has 0 aliphatic heterocycles. The number of aromatic nitrogens is 3. The molecule has 2 aromatic carbocycles. The molecule has 2 N–H and O–H groups in total. The molecule has 162 valence electrons. The Balaban J connectivity index is 1.37. The van der Waals surface area contributed by atoms with E-state index in [9.17, 15) is 4.79 Å². The number of hydrogen-bond acceptors (Lipinski definition) is 4. The van der Waals surface area contributed by atoms with Gasteiger partial charge in [-0.1, -0.05) is 30.3 Å². The van der Waals surface area contributed by atoms with Crippen molar-refractivity contribution < 1.29 is 9.53 Å². The highest BCUT2D eigenvalue weighted by atomic mass is 16.5. The third-order valence-electron chi connectivity index (χ3n) is 4.84. The SMILES string of the molecule is Cc1cccc(Oc2ccccc2NC(=O)NCc2ccc(-n3nc(C)cc3C)nc2)c1. The third kappa shape index (κ3) is 5.13. The molecule has 0 aliphatic rings. The van der Waals surface area contributed by atoms with Gasteiger partial charge in [0, 0.05) is 18.4 Å². The van der Waals surface area contributed by atoms with E-state index in [1.165, 1.54) is 0 Å². The average Bonchev–Trinajstić information content (AvgIpc) is 3.12. The van der Waals surface area contributed by atoms with Crippen LogP contribution in [0.15, 0.2) is 72.9 Å². The van der Waals surface area contributed by atoms with Gasteiger partial charge in [0.15, 0.2) is 11.6 Å². The number of aryl methyl sites for hydroxylation is 3. The summed E-state index contributed by atoms with van der Waals surface area (Å²) in [5.41, 5.74) is 4.53. The molecule has 2 amide bonds. The molecule has 0 saturated heterocycles. The van der Waals surface area contributed by atoms with Crippen LogP contribution < -0.4 is 15.4 Å². The van der Waals surface area contributed by atoms with Crippen molar-refractivity contribution in [1.29, 1.82) is 0 Å². The van der Waals surface area contributed by atoms with Crippen LogP contribution in [0.5, 0.6) is 11.5 Å². The van der Waals surface area contributed by atoms with Crippen molar-refractivity contribution in [1.82, 2.24) is 20.1 Å². The highest BCUT2D eigenvalue weighted by molar-refractivity contribution is 5.90. The zero-order valence-electron chi connectivity index (χ0n) is 18.3. The number of hydrogen-bond donors (Lipinski definition) is 2. The fourth-order valence-corrected chi connectivity index (χ4v) is 3.32. The number of pyridine rings is 1. The molecule has 7 nitrogen and oxygen atoms in total. The van der Waals surface area contributed by atoms with Gasteiger partial charge in [-0.05, 0) is 68.3 Å². The van der Waals surface area contributed by atoms with Crippen LogP contribution in [-0.4, -0.2) is 20.8 Å². The van der Waals surface area contributed by atoms with E-state index in [1.54, 1.807) is 16.9 Å². The van der Waals surface area contributed by atoms with Gasteiger partial charge in [0.25, 0.3) is 0 Å². The Hall–Kier alpha value is -4.13. The molecule has 0 spiro atoms. The second-order valence-electron chi connectivity index (χ2n) is 7.59. The van der Waals surface area contributed by atoms with Crippen molar-refractivity contribution in [3.05, 3.63) is 95.4 Å². The summed E-state index contributed by atoms with van der Waals surface area (Å²) < 4.78 is 7.76. The van der Waals surface area contributed by atoms with Gasteiger partial charge in [-0.3, -0.25) is 0 Å². The fraction of sp³-hybridized carbons (Fsp3) is 0.160. The van der Waals surface area contributed by atoms with Crippen molar-refractivity contribution >= 4 is 11.7 Å². The van der Waals surface area contributed by atoms with Crippen LogP contribution in [-0.2, 0) is 6.54 Å². The van der Waals surface area contributed by atoms with Crippen LogP contribution >= 0.6 is 0 Å². The monoisotopic (exact) mass is 427 g/mol. The number of ether oxygens (including phenoxy) is 1. The number of para-hydroxylation sites is 2. The number of rotatable bonds is 6. The van der Waals surface area contributed by atoms with Crippen molar-refractivity contribution in [3.8, 4) is 17.3 Å². The maximum Gasteiger partial charge on any atom is 0.319 e. The van der Waals surface area contributed by atoms with Crippen molar-refractivity contribution in [3.63, 3.8) is 0 Å². The normalized spacial score (nSPS) is 10.6. The maximum absolute atomic E-state index is 12.5. The zero-order valence-corrected chi connectivity index (χ0v) is 18.3. The first-order chi connectivity index (χ1) is 15.5. The molecule has 32 heavy (non-hydrogen) atoms. The van der Waals surface area contributed by atoms with E-state index in [1.807, 2.05) is 81.4 Å². The number of urea groups is 1. The van der Waals surface area contributed by atoms with Gasteiger partial charge in [-0.15, -0.1) is 0 Å². The molecule has 4 rings (SSSR count). The summed E-state index contributed by atoms with van der Waals surface area (Å²) in [7, 11) is 0. The quantitative estimate of drug-likeness (QED) is 0.437. The Bertz CT molecular complexity index is 1230. The highest BCUT2D eigenvalue weighted by Crippen LogP contribution is 2.29. The van der Waals surface area contributed by atoms with Crippen molar-refractivity contribution in [2.24, 2.45) is 0 Å². The zero-order chi connectivity index (χ0) is 22.5. The molecule has 0 unspecified atom stereocenters. The maximum atomic E-state index is 12.5. The van der Waals surface area contributed by atoms with Crippen LogP contribution in [0.3, 0.4) is 0 Å². The summed E-state index contributed by atoms with van der Waals surface area (Å²) in [6.07, 6.45) is 1.74. The topological polar surface area (TPSA) is 81.1 Å². The number of carbonyl (C=O) groups is 1. The number of benzene rings is 2. The number of nitrogens with one attached hydrogen (secondary N) is 2. The van der Waals surface area contributed by atoms with Crippen LogP contribution in [0.4, 0.5) is 10.5 Å². The van der Waals surface area contributed by atoms with Crippen LogP contribution in [0.1, 0.15) is 22.5 Å². The van der Waals surface area contributed by atoms with Gasteiger partial charge < -0.3 is 15.4 Å². The van der Waals surface area contributed by atoms with Crippen molar-refractivity contribution in [2.75, 3.05) is 5.32 Å². The summed E-state index contributed by atoms with van der Waals surface area (Å²) in [5.74, 6) is 2.03. The third-order valence-corrected chi connectivity index (χ3v) is 4.84. The summed E-state index contributed by atoms with van der Waals surface area (Å²) in [5, 5.41) is 10.1. The van der Waals surface area contributed by atoms with Gasteiger partial charge in [0.05, 0.1) is 11.4 Å². The lowest BCUT2D eigenvalue weighted by Crippen LogP contribution is -2.28. The Kier molecular flexibility index (Phi) is 6.17. The van der Waals surface area contributed by atoms with E-state index in [2.05, 4.69) is 20.7 Å². The minimum Gasteiger partial charge on any atom is -0.455 e. The first kappa shape index (κ1) is 21.1. The predicted molar refractivity (Wildman–Crippen MR) is 124 cm³/mol. The van der Waals surface area contributed by atoms with Gasteiger partial charge in [-0.25, -0.2) is 14.5 Å². The summed E-state index contributed by atoms with van der Waals surface area (Å²) in [6, 6.07) is 20.6. The van der Waals surface area contributed by atoms with E-state index in [0.717, 1.165) is 28.3 Å². The number of nitrogens with zero attached hydrogens (tertiary/aromatic N) is 3. The van der Waals surface area contributed by atoms with Gasteiger partial charge in [0.1, 0.15) is 5.75 Å². The average molecular weight is 428 g/mol. The number of anilines is 1.